The fraction of sp³-hybridized carbons (Fsp3) is 0.562. The van der Waals surface area contributed by atoms with Crippen molar-refractivity contribution in [1.82, 2.24) is 4.90 Å². The number of nitrogen functional groups attached to an aromatic ring is 1. The van der Waals surface area contributed by atoms with Gasteiger partial charge in [-0.2, -0.15) is 0 Å². The van der Waals surface area contributed by atoms with E-state index in [1.54, 1.807) is 23.1 Å². The topological polar surface area (TPSA) is 64.8 Å². The number of carbonyl (C=O) groups excluding carboxylic acids is 1. The summed E-state index contributed by atoms with van der Waals surface area (Å²) in [6.45, 7) is 6.65. The van der Waals surface area contributed by atoms with Crippen LogP contribution in [0.5, 0.6) is 5.75 Å². The van der Waals surface area contributed by atoms with Crippen LogP contribution in [0.2, 0.25) is 5.02 Å². The SMILES string of the molecule is CC(C)(C)OC(=O)N1CCCC1COc1cc(N)ccc1Cl. The lowest BCUT2D eigenvalue weighted by molar-refractivity contribution is 0.0187. The molecule has 0 radical (unpaired) electrons. The van der Waals surface area contributed by atoms with Gasteiger partial charge in [0, 0.05) is 18.3 Å². The molecule has 0 aromatic heterocycles. The Bertz CT molecular complexity index is 543. The first kappa shape index (κ1) is 16.7. The first-order valence-corrected chi connectivity index (χ1v) is 7.81. The van der Waals surface area contributed by atoms with E-state index in [2.05, 4.69) is 0 Å². The Kier molecular flexibility index (Phi) is 5.06. The minimum absolute atomic E-state index is 0.00709. The fourth-order valence-corrected chi connectivity index (χ4v) is 2.56. The summed E-state index contributed by atoms with van der Waals surface area (Å²) in [5.74, 6) is 0.540. The average molecular weight is 327 g/mol. The molecule has 5 nitrogen and oxygen atoms in total. The van der Waals surface area contributed by atoms with E-state index in [9.17, 15) is 4.79 Å². The van der Waals surface area contributed by atoms with Gasteiger partial charge in [0.2, 0.25) is 0 Å². The van der Waals surface area contributed by atoms with Crippen molar-refractivity contribution in [2.45, 2.75) is 45.3 Å². The Balaban J connectivity index is 1.97. The highest BCUT2D eigenvalue weighted by Gasteiger charge is 2.32. The molecule has 1 aliphatic heterocycles. The molecule has 0 spiro atoms. The van der Waals surface area contributed by atoms with Crippen LogP contribution in [0, 0.1) is 0 Å². The van der Waals surface area contributed by atoms with E-state index in [0.29, 0.717) is 29.6 Å². The van der Waals surface area contributed by atoms with Crippen LogP contribution in [0.25, 0.3) is 0 Å². The molecular weight excluding hydrogens is 304 g/mol. The summed E-state index contributed by atoms with van der Waals surface area (Å²) in [4.78, 5) is 13.9. The van der Waals surface area contributed by atoms with Gasteiger partial charge in [-0.05, 0) is 45.7 Å². The Hall–Kier alpha value is -1.62. The highest BCUT2D eigenvalue weighted by atomic mass is 35.5. The molecule has 1 unspecified atom stereocenters. The van der Waals surface area contributed by atoms with Crippen molar-refractivity contribution in [3.8, 4) is 5.75 Å². The number of anilines is 1. The Labute approximate surface area is 136 Å². The maximum atomic E-state index is 12.2. The molecule has 0 aliphatic carbocycles. The minimum atomic E-state index is -0.498. The number of likely N-dealkylation sites (tertiary alicyclic amines) is 1. The van der Waals surface area contributed by atoms with E-state index in [-0.39, 0.29) is 12.1 Å². The number of nitrogens with two attached hydrogens (primary N) is 1. The molecule has 1 aromatic rings. The van der Waals surface area contributed by atoms with Gasteiger partial charge in [0.05, 0.1) is 11.1 Å². The number of carbonyl (C=O) groups is 1. The van der Waals surface area contributed by atoms with Gasteiger partial charge >= 0.3 is 6.09 Å². The number of amides is 1. The van der Waals surface area contributed by atoms with E-state index >= 15 is 0 Å². The molecule has 1 fully saturated rings. The first-order chi connectivity index (χ1) is 10.3. The second-order valence-corrected chi connectivity index (χ2v) is 6.88. The van der Waals surface area contributed by atoms with Crippen molar-refractivity contribution in [1.29, 1.82) is 0 Å². The summed E-state index contributed by atoms with van der Waals surface area (Å²) in [5, 5.41) is 0.510. The number of nitrogens with zero attached hydrogens (tertiary/aromatic N) is 1. The van der Waals surface area contributed by atoms with Crippen LogP contribution in [0.3, 0.4) is 0 Å². The van der Waals surface area contributed by atoms with Crippen molar-refractivity contribution in [2.24, 2.45) is 0 Å². The van der Waals surface area contributed by atoms with E-state index in [1.165, 1.54) is 0 Å². The smallest absolute Gasteiger partial charge is 0.410 e. The normalized spacial score (nSPS) is 18.4. The molecule has 1 amide bonds. The predicted octanol–water partition coefficient (Wildman–Crippen LogP) is 3.70. The predicted molar refractivity (Wildman–Crippen MR) is 87.3 cm³/mol. The Morgan fingerprint density at radius 3 is 2.86 bits per heavy atom. The fourth-order valence-electron chi connectivity index (χ4n) is 2.39. The lowest BCUT2D eigenvalue weighted by Crippen LogP contribution is -2.42. The van der Waals surface area contributed by atoms with Crippen molar-refractivity contribution >= 4 is 23.4 Å². The van der Waals surface area contributed by atoms with E-state index in [0.717, 1.165) is 12.8 Å². The quantitative estimate of drug-likeness (QED) is 0.860. The number of rotatable bonds is 3. The summed E-state index contributed by atoms with van der Waals surface area (Å²) in [7, 11) is 0. The van der Waals surface area contributed by atoms with Crippen LogP contribution in [0.4, 0.5) is 10.5 Å². The maximum Gasteiger partial charge on any atom is 0.410 e. The lowest BCUT2D eigenvalue weighted by atomic mass is 10.2. The molecule has 1 atom stereocenters. The zero-order chi connectivity index (χ0) is 16.3. The summed E-state index contributed by atoms with van der Waals surface area (Å²) < 4.78 is 11.2. The third-order valence-electron chi connectivity index (χ3n) is 3.39. The van der Waals surface area contributed by atoms with Crippen LogP contribution >= 0.6 is 11.6 Å². The summed E-state index contributed by atoms with van der Waals surface area (Å²) in [6.07, 6.45) is 1.54. The summed E-state index contributed by atoms with van der Waals surface area (Å²) in [5.41, 5.74) is 5.83. The second-order valence-electron chi connectivity index (χ2n) is 6.47. The molecule has 6 heteroatoms. The van der Waals surface area contributed by atoms with Crippen LogP contribution in [0.1, 0.15) is 33.6 Å². The van der Waals surface area contributed by atoms with Crippen molar-refractivity contribution in [3.05, 3.63) is 23.2 Å². The largest absolute Gasteiger partial charge is 0.490 e. The summed E-state index contributed by atoms with van der Waals surface area (Å²) in [6, 6.07) is 5.10. The number of hydrogen-bond donors (Lipinski definition) is 1. The van der Waals surface area contributed by atoms with Gasteiger partial charge < -0.3 is 20.1 Å². The summed E-state index contributed by atoms with van der Waals surface area (Å²) >= 11 is 6.08. The second kappa shape index (κ2) is 6.65. The van der Waals surface area contributed by atoms with Crippen molar-refractivity contribution in [3.63, 3.8) is 0 Å². The van der Waals surface area contributed by atoms with Gasteiger partial charge in [-0.25, -0.2) is 4.79 Å². The third-order valence-corrected chi connectivity index (χ3v) is 3.70. The monoisotopic (exact) mass is 326 g/mol. The van der Waals surface area contributed by atoms with E-state index in [4.69, 9.17) is 26.8 Å². The molecule has 2 rings (SSSR count). The molecule has 1 saturated heterocycles. The number of ether oxygens (including phenoxy) is 2. The molecule has 1 aliphatic rings. The minimum Gasteiger partial charge on any atom is -0.490 e. The van der Waals surface area contributed by atoms with Crippen LogP contribution < -0.4 is 10.5 Å². The number of hydrogen-bond acceptors (Lipinski definition) is 4. The Morgan fingerprint density at radius 2 is 2.18 bits per heavy atom. The first-order valence-electron chi connectivity index (χ1n) is 7.44. The van der Waals surface area contributed by atoms with Crippen LogP contribution in [-0.2, 0) is 4.74 Å². The molecule has 2 N–H and O–H groups in total. The highest BCUT2D eigenvalue weighted by Crippen LogP contribution is 2.28. The molecule has 22 heavy (non-hydrogen) atoms. The average Bonchev–Trinajstić information content (AvgIpc) is 2.86. The highest BCUT2D eigenvalue weighted by molar-refractivity contribution is 6.32. The van der Waals surface area contributed by atoms with Crippen molar-refractivity contribution in [2.75, 3.05) is 18.9 Å². The molecule has 1 aromatic carbocycles. The Morgan fingerprint density at radius 1 is 1.45 bits per heavy atom. The van der Waals surface area contributed by atoms with Gasteiger partial charge in [0.15, 0.2) is 0 Å². The van der Waals surface area contributed by atoms with E-state index in [1.807, 2.05) is 20.8 Å². The standard InChI is InChI=1S/C16H23ClN2O3/c1-16(2,3)22-15(20)19-8-4-5-12(19)10-21-14-9-11(18)6-7-13(14)17/h6-7,9,12H,4-5,8,10,18H2,1-3H3. The number of benzene rings is 1. The van der Waals surface area contributed by atoms with Gasteiger partial charge in [-0.15, -0.1) is 0 Å². The van der Waals surface area contributed by atoms with Gasteiger partial charge in [-0.1, -0.05) is 11.6 Å². The maximum absolute atomic E-state index is 12.2. The zero-order valence-electron chi connectivity index (χ0n) is 13.3. The zero-order valence-corrected chi connectivity index (χ0v) is 14.0. The number of halogens is 1. The van der Waals surface area contributed by atoms with Crippen molar-refractivity contribution < 1.29 is 14.3 Å². The van der Waals surface area contributed by atoms with Gasteiger partial charge in [0.25, 0.3) is 0 Å². The van der Waals surface area contributed by atoms with E-state index < -0.39 is 5.60 Å². The van der Waals surface area contributed by atoms with Gasteiger partial charge in [0.1, 0.15) is 18.0 Å². The van der Waals surface area contributed by atoms with Crippen LogP contribution in [0.15, 0.2) is 18.2 Å². The molecular formula is C16H23ClN2O3. The molecule has 0 saturated carbocycles. The molecule has 122 valence electrons. The lowest BCUT2D eigenvalue weighted by Gasteiger charge is -2.28. The van der Waals surface area contributed by atoms with Gasteiger partial charge in [-0.3, -0.25) is 0 Å². The molecule has 0 bridgehead atoms. The molecule has 1 heterocycles. The van der Waals surface area contributed by atoms with Crippen LogP contribution in [-0.4, -0.2) is 35.8 Å². The third kappa shape index (κ3) is 4.44.